The van der Waals surface area contributed by atoms with Crippen molar-refractivity contribution in [3.63, 3.8) is 0 Å². The Morgan fingerprint density at radius 1 is 1.00 bits per heavy atom. The summed E-state index contributed by atoms with van der Waals surface area (Å²) in [5.41, 5.74) is 0. The van der Waals surface area contributed by atoms with E-state index in [1.165, 1.54) is 14.0 Å². The van der Waals surface area contributed by atoms with Gasteiger partial charge < -0.3 is 24.8 Å². The second-order valence-corrected chi connectivity index (χ2v) is 4.38. The van der Waals surface area contributed by atoms with E-state index in [2.05, 4.69) is 13.8 Å². The van der Waals surface area contributed by atoms with Gasteiger partial charge in [0.2, 0.25) is 0 Å². The number of rotatable bonds is 8. The molecule has 0 saturated heterocycles. The maximum atomic E-state index is 9.65. The van der Waals surface area contributed by atoms with Gasteiger partial charge in [-0.05, 0) is 19.3 Å². The van der Waals surface area contributed by atoms with E-state index < -0.39 is 24.6 Å². The highest BCUT2D eigenvalue weighted by Gasteiger charge is 2.30. The van der Waals surface area contributed by atoms with E-state index in [0.717, 1.165) is 6.42 Å². The molecule has 0 heterocycles. The van der Waals surface area contributed by atoms with Crippen LogP contribution in [0.25, 0.3) is 0 Å². The quantitative estimate of drug-likeness (QED) is 0.522. The fourth-order valence-electron chi connectivity index (χ4n) is 1.17. The van der Waals surface area contributed by atoms with Crippen LogP contribution in [0.15, 0.2) is 0 Å². The standard InChI is InChI=1S/C11H24O5/c1-7(2)5-6-16-11(15-4)10(14)9(13)8(3)12/h7-14H,5-6H2,1-4H3. The molecule has 0 aliphatic heterocycles. The Hall–Kier alpha value is -0.200. The summed E-state index contributed by atoms with van der Waals surface area (Å²) in [6.07, 6.45) is -3.62. The molecule has 0 saturated carbocycles. The predicted octanol–water partition coefficient (Wildman–Crippen LogP) is 0.124. The van der Waals surface area contributed by atoms with E-state index in [0.29, 0.717) is 12.5 Å². The van der Waals surface area contributed by atoms with Crippen molar-refractivity contribution in [2.45, 2.75) is 51.8 Å². The number of aliphatic hydroxyl groups excluding tert-OH is 3. The van der Waals surface area contributed by atoms with Gasteiger partial charge in [-0.25, -0.2) is 0 Å². The highest BCUT2D eigenvalue weighted by Crippen LogP contribution is 2.10. The van der Waals surface area contributed by atoms with Crippen molar-refractivity contribution in [2.24, 2.45) is 5.92 Å². The van der Waals surface area contributed by atoms with Crippen LogP contribution in [0.4, 0.5) is 0 Å². The van der Waals surface area contributed by atoms with Crippen LogP contribution in [0.2, 0.25) is 0 Å². The first kappa shape index (κ1) is 15.8. The van der Waals surface area contributed by atoms with Gasteiger partial charge in [0.05, 0.1) is 12.7 Å². The average Bonchev–Trinajstić information content (AvgIpc) is 2.21. The highest BCUT2D eigenvalue weighted by molar-refractivity contribution is 4.75. The zero-order chi connectivity index (χ0) is 12.7. The van der Waals surface area contributed by atoms with Crippen molar-refractivity contribution in [3.8, 4) is 0 Å². The van der Waals surface area contributed by atoms with E-state index >= 15 is 0 Å². The van der Waals surface area contributed by atoms with Crippen LogP contribution in [0.1, 0.15) is 27.2 Å². The van der Waals surface area contributed by atoms with Crippen molar-refractivity contribution in [2.75, 3.05) is 13.7 Å². The number of ether oxygens (including phenoxy) is 2. The fourth-order valence-corrected chi connectivity index (χ4v) is 1.17. The Morgan fingerprint density at radius 3 is 1.94 bits per heavy atom. The zero-order valence-corrected chi connectivity index (χ0v) is 10.5. The minimum Gasteiger partial charge on any atom is -0.391 e. The van der Waals surface area contributed by atoms with Crippen LogP contribution in [0.3, 0.4) is 0 Å². The fraction of sp³-hybridized carbons (Fsp3) is 1.00. The molecule has 0 rings (SSSR count). The van der Waals surface area contributed by atoms with E-state index in [1.54, 1.807) is 0 Å². The average molecular weight is 236 g/mol. The van der Waals surface area contributed by atoms with Crippen molar-refractivity contribution in [3.05, 3.63) is 0 Å². The Balaban J connectivity index is 4.06. The maximum absolute atomic E-state index is 9.65. The summed E-state index contributed by atoms with van der Waals surface area (Å²) in [6, 6.07) is 0. The molecular weight excluding hydrogens is 212 g/mol. The number of methoxy groups -OCH3 is 1. The van der Waals surface area contributed by atoms with Crippen LogP contribution in [0.5, 0.6) is 0 Å². The SMILES string of the molecule is COC(OCCC(C)C)C(O)C(O)C(C)O. The van der Waals surface area contributed by atoms with Crippen LogP contribution < -0.4 is 0 Å². The lowest BCUT2D eigenvalue weighted by Gasteiger charge is -2.27. The molecule has 0 spiro atoms. The lowest BCUT2D eigenvalue weighted by Crippen LogP contribution is -2.45. The van der Waals surface area contributed by atoms with Crippen molar-refractivity contribution in [1.82, 2.24) is 0 Å². The van der Waals surface area contributed by atoms with Crippen molar-refractivity contribution >= 4 is 0 Å². The smallest absolute Gasteiger partial charge is 0.185 e. The zero-order valence-electron chi connectivity index (χ0n) is 10.5. The second kappa shape index (κ2) is 7.97. The molecule has 0 radical (unpaired) electrons. The molecule has 16 heavy (non-hydrogen) atoms. The predicted molar refractivity (Wildman–Crippen MR) is 59.9 cm³/mol. The Labute approximate surface area is 97.0 Å². The third-order valence-corrected chi connectivity index (χ3v) is 2.33. The Morgan fingerprint density at radius 2 is 1.56 bits per heavy atom. The monoisotopic (exact) mass is 236 g/mol. The molecule has 0 fully saturated rings. The number of hydrogen-bond donors (Lipinski definition) is 3. The first-order chi connectivity index (χ1) is 7.40. The summed E-state index contributed by atoms with van der Waals surface area (Å²) < 4.78 is 10.2. The van der Waals surface area contributed by atoms with E-state index in [1.807, 2.05) is 0 Å². The van der Waals surface area contributed by atoms with E-state index in [-0.39, 0.29) is 0 Å². The Kier molecular flexibility index (Phi) is 7.87. The summed E-state index contributed by atoms with van der Waals surface area (Å²) in [6.45, 7) is 5.97. The Bertz CT molecular complexity index is 172. The molecule has 0 amide bonds. The molecule has 0 aromatic rings. The topological polar surface area (TPSA) is 79.2 Å². The minimum absolute atomic E-state index is 0.444. The van der Waals surface area contributed by atoms with Gasteiger partial charge in [-0.1, -0.05) is 13.8 Å². The third-order valence-electron chi connectivity index (χ3n) is 2.33. The molecule has 3 N–H and O–H groups in total. The molecule has 0 bridgehead atoms. The van der Waals surface area contributed by atoms with Crippen LogP contribution >= 0.6 is 0 Å². The summed E-state index contributed by atoms with van der Waals surface area (Å²) in [5.74, 6) is 0.497. The molecule has 0 aliphatic carbocycles. The van der Waals surface area contributed by atoms with Gasteiger partial charge in [0.25, 0.3) is 0 Å². The molecule has 98 valence electrons. The molecular formula is C11H24O5. The summed E-state index contributed by atoms with van der Waals surface area (Å²) in [7, 11) is 1.39. The van der Waals surface area contributed by atoms with Crippen LogP contribution in [0, 0.1) is 5.92 Å². The molecule has 5 nitrogen and oxygen atoms in total. The van der Waals surface area contributed by atoms with Gasteiger partial charge in [-0.15, -0.1) is 0 Å². The normalized spacial score (nSPS) is 19.5. The molecule has 0 aromatic carbocycles. The molecule has 0 aliphatic rings. The van der Waals surface area contributed by atoms with Gasteiger partial charge in [0.1, 0.15) is 12.2 Å². The van der Waals surface area contributed by atoms with Crippen molar-refractivity contribution < 1.29 is 24.8 Å². The number of hydrogen-bond acceptors (Lipinski definition) is 5. The van der Waals surface area contributed by atoms with Gasteiger partial charge in [-0.3, -0.25) is 0 Å². The molecule has 4 unspecified atom stereocenters. The van der Waals surface area contributed by atoms with Crippen LogP contribution in [-0.2, 0) is 9.47 Å². The van der Waals surface area contributed by atoms with Gasteiger partial charge in [0, 0.05) is 7.11 Å². The largest absolute Gasteiger partial charge is 0.391 e. The summed E-state index contributed by atoms with van der Waals surface area (Å²) in [5, 5.41) is 28.2. The summed E-state index contributed by atoms with van der Waals surface area (Å²) in [4.78, 5) is 0. The van der Waals surface area contributed by atoms with Gasteiger partial charge >= 0.3 is 0 Å². The number of aliphatic hydroxyl groups is 3. The first-order valence-electron chi connectivity index (χ1n) is 5.58. The highest BCUT2D eigenvalue weighted by atomic mass is 16.7. The first-order valence-corrected chi connectivity index (χ1v) is 5.58. The second-order valence-electron chi connectivity index (χ2n) is 4.38. The van der Waals surface area contributed by atoms with E-state index in [9.17, 15) is 10.2 Å². The minimum atomic E-state index is -1.27. The lowest BCUT2D eigenvalue weighted by atomic mass is 10.1. The molecule has 4 atom stereocenters. The van der Waals surface area contributed by atoms with Crippen LogP contribution in [-0.4, -0.2) is 53.6 Å². The lowest BCUT2D eigenvalue weighted by molar-refractivity contribution is -0.214. The maximum Gasteiger partial charge on any atom is 0.185 e. The van der Waals surface area contributed by atoms with Gasteiger partial charge in [-0.2, -0.15) is 0 Å². The third kappa shape index (κ3) is 5.77. The van der Waals surface area contributed by atoms with Crippen molar-refractivity contribution in [1.29, 1.82) is 0 Å². The van der Waals surface area contributed by atoms with E-state index in [4.69, 9.17) is 14.6 Å². The molecule has 5 heteroatoms. The summed E-state index contributed by atoms with van der Waals surface area (Å²) >= 11 is 0. The van der Waals surface area contributed by atoms with Gasteiger partial charge in [0.15, 0.2) is 6.29 Å². The molecule has 0 aromatic heterocycles.